The first kappa shape index (κ1) is 10.4. The van der Waals surface area contributed by atoms with Crippen LogP contribution in [0.15, 0.2) is 42.0 Å². The Kier molecular flexibility index (Phi) is 3.54. The summed E-state index contributed by atoms with van der Waals surface area (Å²) in [5.41, 5.74) is 2.21. The van der Waals surface area contributed by atoms with Gasteiger partial charge < -0.3 is 9.84 Å². The van der Waals surface area contributed by atoms with E-state index < -0.39 is 0 Å². The number of hydrogen-bond donors (Lipinski definition) is 1. The summed E-state index contributed by atoms with van der Waals surface area (Å²) in [7, 11) is 0. The standard InChI is InChI=1S/C13H16O2/c14-13-8-4-7-12(13)10-15-9-11-5-2-1-3-6-11/h1-3,5-7,13-14H,4,8-10H2. The first-order valence-corrected chi connectivity index (χ1v) is 5.35. The molecule has 0 radical (unpaired) electrons. The van der Waals surface area contributed by atoms with Gasteiger partial charge in [0.2, 0.25) is 0 Å². The lowest BCUT2D eigenvalue weighted by Crippen LogP contribution is -2.10. The van der Waals surface area contributed by atoms with Crippen molar-refractivity contribution >= 4 is 0 Å². The summed E-state index contributed by atoms with van der Waals surface area (Å²) >= 11 is 0. The average Bonchev–Trinajstić information content (AvgIpc) is 2.66. The molecule has 0 saturated heterocycles. The molecule has 0 bridgehead atoms. The van der Waals surface area contributed by atoms with Gasteiger partial charge in [0.15, 0.2) is 0 Å². The second-order valence-electron chi connectivity index (χ2n) is 3.85. The van der Waals surface area contributed by atoms with E-state index in [2.05, 4.69) is 6.08 Å². The molecule has 1 aliphatic carbocycles. The highest BCUT2D eigenvalue weighted by Gasteiger charge is 2.15. The van der Waals surface area contributed by atoms with Gasteiger partial charge in [-0.2, -0.15) is 0 Å². The van der Waals surface area contributed by atoms with Crippen LogP contribution in [0.2, 0.25) is 0 Å². The lowest BCUT2D eigenvalue weighted by molar-refractivity contribution is 0.118. The van der Waals surface area contributed by atoms with E-state index in [-0.39, 0.29) is 6.10 Å². The third-order valence-corrected chi connectivity index (χ3v) is 2.65. The molecule has 0 aliphatic heterocycles. The number of allylic oxidation sites excluding steroid dienone is 1. The first-order chi connectivity index (χ1) is 7.36. The Balaban J connectivity index is 1.76. The lowest BCUT2D eigenvalue weighted by Gasteiger charge is -2.09. The van der Waals surface area contributed by atoms with E-state index in [0.29, 0.717) is 13.2 Å². The van der Waals surface area contributed by atoms with Crippen LogP contribution in [0.1, 0.15) is 18.4 Å². The van der Waals surface area contributed by atoms with Crippen molar-refractivity contribution in [1.29, 1.82) is 0 Å². The maximum Gasteiger partial charge on any atom is 0.0775 e. The summed E-state index contributed by atoms with van der Waals surface area (Å²) in [4.78, 5) is 0. The zero-order chi connectivity index (χ0) is 10.5. The monoisotopic (exact) mass is 204 g/mol. The molecule has 0 aromatic heterocycles. The topological polar surface area (TPSA) is 29.5 Å². The van der Waals surface area contributed by atoms with E-state index >= 15 is 0 Å². The molecule has 1 N–H and O–H groups in total. The van der Waals surface area contributed by atoms with Gasteiger partial charge in [0.1, 0.15) is 0 Å². The molecule has 80 valence electrons. The number of aliphatic hydroxyl groups excluding tert-OH is 1. The number of rotatable bonds is 4. The summed E-state index contributed by atoms with van der Waals surface area (Å²) in [6, 6.07) is 10.1. The maximum absolute atomic E-state index is 9.54. The van der Waals surface area contributed by atoms with Crippen molar-refractivity contribution in [3.8, 4) is 0 Å². The smallest absolute Gasteiger partial charge is 0.0775 e. The summed E-state index contributed by atoms with van der Waals surface area (Å²) in [6.07, 6.45) is 3.63. The molecule has 2 heteroatoms. The van der Waals surface area contributed by atoms with Crippen molar-refractivity contribution in [2.75, 3.05) is 6.61 Å². The summed E-state index contributed by atoms with van der Waals surface area (Å²) in [5.74, 6) is 0. The van der Waals surface area contributed by atoms with Crippen molar-refractivity contribution in [2.24, 2.45) is 0 Å². The van der Waals surface area contributed by atoms with Gasteiger partial charge in [-0.3, -0.25) is 0 Å². The van der Waals surface area contributed by atoms with Crippen molar-refractivity contribution in [1.82, 2.24) is 0 Å². The summed E-state index contributed by atoms with van der Waals surface area (Å²) < 4.78 is 5.55. The molecular weight excluding hydrogens is 188 g/mol. The third-order valence-electron chi connectivity index (χ3n) is 2.65. The highest BCUT2D eigenvalue weighted by molar-refractivity contribution is 5.15. The van der Waals surface area contributed by atoms with Crippen molar-refractivity contribution in [3.63, 3.8) is 0 Å². The predicted molar refractivity (Wildman–Crippen MR) is 59.4 cm³/mol. The van der Waals surface area contributed by atoms with Crippen molar-refractivity contribution < 1.29 is 9.84 Å². The fraction of sp³-hybridized carbons (Fsp3) is 0.385. The molecule has 0 fully saturated rings. The minimum absolute atomic E-state index is 0.277. The van der Waals surface area contributed by atoms with Gasteiger partial charge in [0.25, 0.3) is 0 Å². The van der Waals surface area contributed by atoms with Gasteiger partial charge in [-0.15, -0.1) is 0 Å². The highest BCUT2D eigenvalue weighted by atomic mass is 16.5. The number of hydrogen-bond acceptors (Lipinski definition) is 2. The molecule has 2 rings (SSSR count). The molecule has 2 nitrogen and oxygen atoms in total. The van der Waals surface area contributed by atoms with Crippen LogP contribution >= 0.6 is 0 Å². The van der Waals surface area contributed by atoms with Gasteiger partial charge in [0, 0.05) is 0 Å². The Morgan fingerprint density at radius 2 is 2.00 bits per heavy atom. The Hall–Kier alpha value is -1.12. The predicted octanol–water partition coefficient (Wildman–Crippen LogP) is 2.28. The maximum atomic E-state index is 9.54. The van der Waals surface area contributed by atoms with E-state index in [1.54, 1.807) is 0 Å². The minimum Gasteiger partial charge on any atom is -0.389 e. The molecule has 0 spiro atoms. The zero-order valence-corrected chi connectivity index (χ0v) is 8.73. The van der Waals surface area contributed by atoms with Gasteiger partial charge in [-0.1, -0.05) is 36.4 Å². The second-order valence-corrected chi connectivity index (χ2v) is 3.85. The van der Waals surface area contributed by atoms with Crippen LogP contribution in [0, 0.1) is 0 Å². The molecule has 1 aliphatic rings. The van der Waals surface area contributed by atoms with Crippen LogP contribution in [-0.4, -0.2) is 17.8 Å². The Morgan fingerprint density at radius 1 is 1.20 bits per heavy atom. The molecular formula is C13H16O2. The Labute approximate surface area is 90.2 Å². The van der Waals surface area contributed by atoms with Crippen LogP contribution in [-0.2, 0) is 11.3 Å². The average molecular weight is 204 g/mol. The third kappa shape index (κ3) is 2.91. The Morgan fingerprint density at radius 3 is 2.67 bits per heavy atom. The quantitative estimate of drug-likeness (QED) is 0.762. The lowest BCUT2D eigenvalue weighted by atomic mass is 10.2. The van der Waals surface area contributed by atoms with Crippen LogP contribution in [0.4, 0.5) is 0 Å². The number of benzene rings is 1. The molecule has 1 aromatic carbocycles. The highest BCUT2D eigenvalue weighted by Crippen LogP contribution is 2.18. The second kappa shape index (κ2) is 5.10. The van der Waals surface area contributed by atoms with Crippen LogP contribution in [0.25, 0.3) is 0 Å². The van der Waals surface area contributed by atoms with Gasteiger partial charge in [-0.05, 0) is 24.0 Å². The fourth-order valence-corrected chi connectivity index (χ4v) is 1.76. The van der Waals surface area contributed by atoms with Crippen molar-refractivity contribution in [3.05, 3.63) is 47.5 Å². The van der Waals surface area contributed by atoms with Gasteiger partial charge in [0.05, 0.1) is 19.3 Å². The van der Waals surface area contributed by atoms with E-state index in [4.69, 9.17) is 4.74 Å². The molecule has 0 saturated carbocycles. The summed E-state index contributed by atoms with van der Waals surface area (Å²) in [5, 5.41) is 9.54. The number of ether oxygens (including phenoxy) is 1. The van der Waals surface area contributed by atoms with Crippen LogP contribution in [0.3, 0.4) is 0 Å². The summed E-state index contributed by atoms with van der Waals surface area (Å²) in [6.45, 7) is 1.17. The fourth-order valence-electron chi connectivity index (χ4n) is 1.76. The molecule has 1 atom stereocenters. The SMILES string of the molecule is OC1CCC=C1COCc1ccccc1. The van der Waals surface area contributed by atoms with Crippen LogP contribution < -0.4 is 0 Å². The van der Waals surface area contributed by atoms with E-state index in [1.165, 1.54) is 5.56 Å². The molecule has 1 unspecified atom stereocenters. The van der Waals surface area contributed by atoms with Gasteiger partial charge >= 0.3 is 0 Å². The van der Waals surface area contributed by atoms with Gasteiger partial charge in [-0.25, -0.2) is 0 Å². The molecule has 1 aromatic rings. The minimum atomic E-state index is -0.277. The molecule has 0 heterocycles. The Bertz CT molecular complexity index is 330. The normalized spacial score (nSPS) is 20.3. The van der Waals surface area contributed by atoms with E-state index in [1.807, 2.05) is 30.3 Å². The zero-order valence-electron chi connectivity index (χ0n) is 8.73. The number of aliphatic hydroxyl groups is 1. The molecule has 15 heavy (non-hydrogen) atoms. The van der Waals surface area contributed by atoms with E-state index in [9.17, 15) is 5.11 Å². The van der Waals surface area contributed by atoms with Crippen LogP contribution in [0.5, 0.6) is 0 Å². The largest absolute Gasteiger partial charge is 0.389 e. The molecule has 0 amide bonds. The van der Waals surface area contributed by atoms with Crippen molar-refractivity contribution in [2.45, 2.75) is 25.6 Å². The first-order valence-electron chi connectivity index (χ1n) is 5.35. The van der Waals surface area contributed by atoms with E-state index in [0.717, 1.165) is 18.4 Å².